The molecule has 1 atom stereocenters. The minimum Gasteiger partial charge on any atom is -0.493 e. The third-order valence-corrected chi connectivity index (χ3v) is 5.05. The van der Waals surface area contributed by atoms with Crippen LogP contribution in [-0.2, 0) is 9.53 Å². The summed E-state index contributed by atoms with van der Waals surface area (Å²) in [6.07, 6.45) is 4.76. The molecule has 1 saturated carbocycles. The molecule has 7 nitrogen and oxygen atoms in total. The lowest BCUT2D eigenvalue weighted by molar-refractivity contribution is -0.144. The molecule has 2 N–H and O–H groups in total. The number of methoxy groups -OCH3 is 1. The Hall–Kier alpha value is -2.70. The van der Waals surface area contributed by atoms with Gasteiger partial charge >= 0.3 is 12.0 Å². The number of hydrogen-bond donors (Lipinski definition) is 2. The van der Waals surface area contributed by atoms with Crippen molar-refractivity contribution in [3.63, 3.8) is 0 Å². The fourth-order valence-electron chi connectivity index (χ4n) is 3.63. The molecule has 2 amide bonds. The Balaban J connectivity index is 1.89. The van der Waals surface area contributed by atoms with Crippen molar-refractivity contribution in [2.24, 2.45) is 0 Å². The van der Waals surface area contributed by atoms with Gasteiger partial charge in [0.05, 0.1) is 25.3 Å². The predicted octanol–water partition coefficient (Wildman–Crippen LogP) is 3.60. The summed E-state index contributed by atoms with van der Waals surface area (Å²) in [5, 5.41) is 5.50. The molecule has 7 heteroatoms. The van der Waals surface area contributed by atoms with Gasteiger partial charge in [0.25, 0.3) is 0 Å². The Kier molecular flexibility index (Phi) is 6.44. The second-order valence-electron chi connectivity index (χ2n) is 7.14. The molecule has 1 aromatic carbocycles. The summed E-state index contributed by atoms with van der Waals surface area (Å²) in [6, 6.07) is 4.45. The zero-order valence-corrected chi connectivity index (χ0v) is 16.7. The molecular formula is C21H28N2O5. The lowest BCUT2D eigenvalue weighted by Crippen LogP contribution is -2.45. The van der Waals surface area contributed by atoms with E-state index in [9.17, 15) is 9.59 Å². The first-order chi connectivity index (χ1) is 13.5. The van der Waals surface area contributed by atoms with Crippen molar-refractivity contribution >= 4 is 12.0 Å². The first-order valence-corrected chi connectivity index (χ1v) is 9.83. The minimum atomic E-state index is -0.614. The highest BCUT2D eigenvalue weighted by Crippen LogP contribution is 2.35. The number of nitrogens with one attached hydrogen (secondary N) is 2. The molecule has 1 aromatic rings. The largest absolute Gasteiger partial charge is 0.493 e. The molecule has 0 bridgehead atoms. The van der Waals surface area contributed by atoms with Crippen LogP contribution in [0.2, 0.25) is 0 Å². The van der Waals surface area contributed by atoms with Gasteiger partial charge in [0.1, 0.15) is 6.10 Å². The van der Waals surface area contributed by atoms with E-state index in [4.69, 9.17) is 14.2 Å². The zero-order valence-electron chi connectivity index (χ0n) is 16.7. The van der Waals surface area contributed by atoms with E-state index in [1.54, 1.807) is 26.2 Å². The van der Waals surface area contributed by atoms with Gasteiger partial charge in [-0.1, -0.05) is 13.0 Å². The van der Waals surface area contributed by atoms with Crippen molar-refractivity contribution in [1.29, 1.82) is 0 Å². The van der Waals surface area contributed by atoms with Crippen molar-refractivity contribution in [3.05, 3.63) is 35.0 Å². The lowest BCUT2D eigenvalue weighted by Gasteiger charge is -2.29. The smallest absolute Gasteiger partial charge is 0.338 e. The Bertz CT molecular complexity index is 768. The summed E-state index contributed by atoms with van der Waals surface area (Å²) in [4.78, 5) is 25.0. The number of carbonyl (C=O) groups excluding carboxylic acids is 2. The van der Waals surface area contributed by atoms with E-state index in [0.717, 1.165) is 37.7 Å². The standard InChI is InChI=1S/C21H28N2O5/c1-4-11-27-16-10-9-14(12-17(16)26-3)19-18(13(2)22-21(25)23-19)20(24)28-15-7-5-6-8-15/h9-10,12,15,19H,4-8,11H2,1-3H3,(H2,22,23,25)/t19-/m0/s1. The molecule has 1 fully saturated rings. The van der Waals surface area contributed by atoms with E-state index in [0.29, 0.717) is 29.4 Å². The highest BCUT2D eigenvalue weighted by atomic mass is 16.5. The monoisotopic (exact) mass is 388 g/mol. The van der Waals surface area contributed by atoms with E-state index in [2.05, 4.69) is 10.6 Å². The maximum absolute atomic E-state index is 12.9. The number of rotatable bonds is 7. The van der Waals surface area contributed by atoms with Gasteiger partial charge in [-0.3, -0.25) is 0 Å². The summed E-state index contributed by atoms with van der Waals surface area (Å²) in [6.45, 7) is 4.33. The maximum atomic E-state index is 12.9. The number of allylic oxidation sites excluding steroid dienone is 1. The molecule has 0 spiro atoms. The Morgan fingerprint density at radius 2 is 1.96 bits per heavy atom. The average Bonchev–Trinajstić information content (AvgIpc) is 3.18. The van der Waals surface area contributed by atoms with Crippen LogP contribution in [-0.4, -0.2) is 31.8 Å². The van der Waals surface area contributed by atoms with Gasteiger partial charge in [0.15, 0.2) is 11.5 Å². The number of benzene rings is 1. The van der Waals surface area contributed by atoms with E-state index in [-0.39, 0.29) is 12.1 Å². The number of amides is 2. The topological polar surface area (TPSA) is 85.9 Å². The fraction of sp³-hybridized carbons (Fsp3) is 0.524. The SMILES string of the molecule is CCCOc1ccc([C@@H]2NC(=O)NC(C)=C2C(=O)OC2CCCC2)cc1OC. The van der Waals surface area contributed by atoms with Gasteiger partial charge in [-0.25, -0.2) is 9.59 Å². The summed E-state index contributed by atoms with van der Waals surface area (Å²) in [5.41, 5.74) is 1.64. The highest BCUT2D eigenvalue weighted by Gasteiger charge is 2.34. The number of carbonyl (C=O) groups is 2. The van der Waals surface area contributed by atoms with Crippen molar-refractivity contribution in [2.75, 3.05) is 13.7 Å². The van der Waals surface area contributed by atoms with Crippen LogP contribution < -0.4 is 20.1 Å². The maximum Gasteiger partial charge on any atom is 0.338 e. The van der Waals surface area contributed by atoms with Crippen LogP contribution in [0, 0.1) is 0 Å². The summed E-state index contributed by atoms with van der Waals surface area (Å²) in [7, 11) is 1.56. The van der Waals surface area contributed by atoms with E-state index < -0.39 is 12.0 Å². The molecule has 0 aromatic heterocycles. The van der Waals surface area contributed by atoms with Gasteiger partial charge in [-0.15, -0.1) is 0 Å². The number of esters is 1. The molecule has 0 unspecified atom stereocenters. The third kappa shape index (κ3) is 4.40. The predicted molar refractivity (Wildman–Crippen MR) is 104 cm³/mol. The molecule has 0 saturated heterocycles. The van der Waals surface area contributed by atoms with Gasteiger partial charge in [-0.05, 0) is 56.7 Å². The van der Waals surface area contributed by atoms with Gasteiger partial charge in [0.2, 0.25) is 0 Å². The average molecular weight is 388 g/mol. The first kappa shape index (κ1) is 20.0. The van der Waals surface area contributed by atoms with Crippen LogP contribution in [0.5, 0.6) is 11.5 Å². The van der Waals surface area contributed by atoms with Crippen molar-refractivity contribution in [3.8, 4) is 11.5 Å². The lowest BCUT2D eigenvalue weighted by atomic mass is 9.95. The number of urea groups is 1. The van der Waals surface area contributed by atoms with Crippen LogP contribution in [0.1, 0.15) is 57.6 Å². The highest BCUT2D eigenvalue weighted by molar-refractivity contribution is 5.95. The zero-order chi connectivity index (χ0) is 20.1. The molecular weight excluding hydrogens is 360 g/mol. The van der Waals surface area contributed by atoms with Crippen LogP contribution in [0.25, 0.3) is 0 Å². The Labute approximate surface area is 165 Å². The second kappa shape index (κ2) is 8.99. The third-order valence-electron chi connectivity index (χ3n) is 5.05. The molecule has 1 aliphatic carbocycles. The summed E-state index contributed by atoms with van der Waals surface area (Å²) >= 11 is 0. The number of hydrogen-bond acceptors (Lipinski definition) is 5. The first-order valence-electron chi connectivity index (χ1n) is 9.83. The Morgan fingerprint density at radius 1 is 1.21 bits per heavy atom. The van der Waals surface area contributed by atoms with E-state index in [1.165, 1.54) is 0 Å². The molecule has 0 radical (unpaired) electrons. The molecule has 152 valence electrons. The number of ether oxygens (including phenoxy) is 3. The summed E-state index contributed by atoms with van der Waals surface area (Å²) < 4.78 is 16.8. The van der Waals surface area contributed by atoms with Crippen LogP contribution in [0.15, 0.2) is 29.5 Å². The second-order valence-corrected chi connectivity index (χ2v) is 7.14. The van der Waals surface area contributed by atoms with E-state index in [1.807, 2.05) is 13.0 Å². The minimum absolute atomic E-state index is 0.0505. The van der Waals surface area contributed by atoms with Gasteiger partial charge < -0.3 is 24.8 Å². The van der Waals surface area contributed by atoms with Crippen molar-refractivity contribution in [2.45, 2.75) is 58.1 Å². The molecule has 3 rings (SSSR count). The quantitative estimate of drug-likeness (QED) is 0.697. The Morgan fingerprint density at radius 3 is 2.64 bits per heavy atom. The summed E-state index contributed by atoms with van der Waals surface area (Å²) in [5.74, 6) is 0.788. The van der Waals surface area contributed by atoms with Crippen molar-refractivity contribution < 1.29 is 23.8 Å². The molecule has 2 aliphatic rings. The van der Waals surface area contributed by atoms with Gasteiger partial charge in [0, 0.05) is 5.70 Å². The van der Waals surface area contributed by atoms with Crippen molar-refractivity contribution in [1.82, 2.24) is 10.6 Å². The normalized spacial score (nSPS) is 19.8. The van der Waals surface area contributed by atoms with Crippen LogP contribution in [0.3, 0.4) is 0 Å². The molecule has 1 heterocycles. The van der Waals surface area contributed by atoms with Crippen LogP contribution in [0.4, 0.5) is 4.79 Å². The van der Waals surface area contributed by atoms with Crippen LogP contribution >= 0.6 is 0 Å². The molecule has 1 aliphatic heterocycles. The molecule has 28 heavy (non-hydrogen) atoms. The van der Waals surface area contributed by atoms with Gasteiger partial charge in [-0.2, -0.15) is 0 Å². The van der Waals surface area contributed by atoms with E-state index >= 15 is 0 Å². The fourth-order valence-corrected chi connectivity index (χ4v) is 3.63.